The first kappa shape index (κ1) is 21.0. The van der Waals surface area contributed by atoms with Crippen LogP contribution in [-0.4, -0.2) is 0 Å². The molecule has 160 valence electrons. The van der Waals surface area contributed by atoms with Gasteiger partial charge in [0, 0.05) is 0 Å². The zero-order valence-electron chi connectivity index (χ0n) is 19.3. The van der Waals surface area contributed by atoms with Crippen molar-refractivity contribution in [3.8, 4) is 22.3 Å². The van der Waals surface area contributed by atoms with Crippen molar-refractivity contribution in [2.24, 2.45) is 0 Å². The van der Waals surface area contributed by atoms with E-state index in [4.69, 9.17) is 0 Å². The van der Waals surface area contributed by atoms with Gasteiger partial charge in [0.25, 0.3) is 0 Å². The zero-order chi connectivity index (χ0) is 22.6. The third kappa shape index (κ3) is 4.25. The summed E-state index contributed by atoms with van der Waals surface area (Å²) in [6.45, 7) is 4.24. The first-order valence-electron chi connectivity index (χ1n) is 11.6. The Kier molecular flexibility index (Phi) is 5.91. The maximum Gasteiger partial charge on any atom is -0.00264 e. The van der Waals surface area contributed by atoms with Crippen LogP contribution in [0.5, 0.6) is 0 Å². The standard InChI is InChI=1S/C33H28/c1-24(2)12-6-7-13-25-20-22-27(23-21-25)33-30-18-10-8-16-28(30)32(26-14-4-3-5-15-26)29-17-9-11-19-31(29)33/h3-12,14-23H,13H2,1-2H3/b7-6-. The molecule has 0 heteroatoms. The molecule has 0 saturated carbocycles. The van der Waals surface area contributed by atoms with Crippen LogP contribution >= 0.6 is 0 Å². The van der Waals surface area contributed by atoms with Crippen molar-refractivity contribution in [1.82, 2.24) is 0 Å². The van der Waals surface area contributed by atoms with E-state index in [1.807, 2.05) is 0 Å². The van der Waals surface area contributed by atoms with Crippen LogP contribution in [0.15, 0.2) is 127 Å². The third-order valence-electron chi connectivity index (χ3n) is 6.16. The van der Waals surface area contributed by atoms with Gasteiger partial charge in [-0.05, 0) is 69.6 Å². The summed E-state index contributed by atoms with van der Waals surface area (Å²) in [5.41, 5.74) is 7.79. The Labute approximate surface area is 196 Å². The van der Waals surface area contributed by atoms with Crippen LogP contribution in [0.3, 0.4) is 0 Å². The van der Waals surface area contributed by atoms with Gasteiger partial charge in [0.15, 0.2) is 0 Å². The Morgan fingerprint density at radius 1 is 0.545 bits per heavy atom. The lowest BCUT2D eigenvalue weighted by Gasteiger charge is -2.17. The highest BCUT2D eigenvalue weighted by Crippen LogP contribution is 2.43. The fourth-order valence-electron chi connectivity index (χ4n) is 4.63. The van der Waals surface area contributed by atoms with Crippen LogP contribution < -0.4 is 0 Å². The minimum atomic E-state index is 0.943. The second kappa shape index (κ2) is 9.30. The van der Waals surface area contributed by atoms with E-state index in [1.165, 1.54) is 54.9 Å². The van der Waals surface area contributed by atoms with Gasteiger partial charge in [0.1, 0.15) is 0 Å². The molecule has 33 heavy (non-hydrogen) atoms. The van der Waals surface area contributed by atoms with E-state index in [-0.39, 0.29) is 0 Å². The predicted octanol–water partition coefficient (Wildman–Crippen LogP) is 9.39. The molecule has 0 aromatic heterocycles. The molecule has 0 bridgehead atoms. The Hall–Kier alpha value is -3.90. The fraction of sp³-hybridized carbons (Fsp3) is 0.0909. The molecule has 0 amide bonds. The van der Waals surface area contributed by atoms with Gasteiger partial charge in [-0.3, -0.25) is 0 Å². The molecule has 0 aliphatic carbocycles. The average molecular weight is 425 g/mol. The second-order valence-corrected chi connectivity index (χ2v) is 8.78. The van der Waals surface area contributed by atoms with Crippen LogP contribution in [0.25, 0.3) is 43.8 Å². The number of allylic oxidation sites excluding steroid dienone is 4. The monoisotopic (exact) mass is 424 g/mol. The van der Waals surface area contributed by atoms with E-state index >= 15 is 0 Å². The fourth-order valence-corrected chi connectivity index (χ4v) is 4.63. The van der Waals surface area contributed by atoms with Crippen LogP contribution in [0.2, 0.25) is 0 Å². The van der Waals surface area contributed by atoms with Crippen molar-refractivity contribution in [2.45, 2.75) is 20.3 Å². The molecule has 0 atom stereocenters. The highest BCUT2D eigenvalue weighted by molar-refractivity contribution is 6.21. The molecule has 0 heterocycles. The summed E-state index contributed by atoms with van der Waals surface area (Å²) in [5.74, 6) is 0. The molecule has 0 radical (unpaired) electrons. The van der Waals surface area contributed by atoms with Gasteiger partial charge in [0.05, 0.1) is 0 Å². The van der Waals surface area contributed by atoms with Crippen molar-refractivity contribution in [3.63, 3.8) is 0 Å². The van der Waals surface area contributed by atoms with Gasteiger partial charge in [0.2, 0.25) is 0 Å². The van der Waals surface area contributed by atoms with Gasteiger partial charge in [-0.15, -0.1) is 0 Å². The first-order chi connectivity index (χ1) is 16.2. The number of hydrogen-bond donors (Lipinski definition) is 0. The van der Waals surface area contributed by atoms with E-state index in [0.29, 0.717) is 0 Å². The topological polar surface area (TPSA) is 0 Å². The van der Waals surface area contributed by atoms with E-state index in [9.17, 15) is 0 Å². The lowest BCUT2D eigenvalue weighted by atomic mass is 9.86. The smallest absolute Gasteiger partial charge is 0.00264 e. The largest absolute Gasteiger partial charge is 0.0801 e. The third-order valence-corrected chi connectivity index (χ3v) is 6.16. The Bertz CT molecular complexity index is 1410. The molecule has 0 aliphatic rings. The summed E-state index contributed by atoms with van der Waals surface area (Å²) < 4.78 is 0. The Morgan fingerprint density at radius 3 is 1.48 bits per heavy atom. The Balaban J connectivity index is 1.68. The summed E-state index contributed by atoms with van der Waals surface area (Å²) in [6.07, 6.45) is 7.47. The van der Waals surface area contributed by atoms with Crippen molar-refractivity contribution in [2.75, 3.05) is 0 Å². The van der Waals surface area contributed by atoms with Gasteiger partial charge in [-0.1, -0.05) is 127 Å². The molecular formula is C33H28. The quantitative estimate of drug-likeness (QED) is 0.195. The molecular weight excluding hydrogens is 396 g/mol. The molecule has 0 nitrogen and oxygen atoms in total. The van der Waals surface area contributed by atoms with Gasteiger partial charge in [-0.2, -0.15) is 0 Å². The SMILES string of the molecule is CC(C)=C/C=C\Cc1ccc(-c2c3ccccc3c(-c3ccccc3)c3ccccc23)cc1. The van der Waals surface area contributed by atoms with Gasteiger partial charge < -0.3 is 0 Å². The molecule has 5 aromatic carbocycles. The average Bonchev–Trinajstić information content (AvgIpc) is 2.86. The van der Waals surface area contributed by atoms with Crippen molar-refractivity contribution in [1.29, 1.82) is 0 Å². The van der Waals surface area contributed by atoms with Crippen molar-refractivity contribution in [3.05, 3.63) is 132 Å². The summed E-state index contributed by atoms with van der Waals surface area (Å²) in [4.78, 5) is 0. The lowest BCUT2D eigenvalue weighted by Crippen LogP contribution is -1.91. The van der Waals surface area contributed by atoms with Crippen LogP contribution in [0.1, 0.15) is 19.4 Å². The van der Waals surface area contributed by atoms with Crippen molar-refractivity contribution >= 4 is 21.5 Å². The zero-order valence-corrected chi connectivity index (χ0v) is 19.3. The van der Waals surface area contributed by atoms with Crippen LogP contribution in [-0.2, 0) is 6.42 Å². The highest BCUT2D eigenvalue weighted by atomic mass is 14.2. The number of fused-ring (bicyclic) bond motifs is 2. The summed E-state index contributed by atoms with van der Waals surface area (Å²) in [7, 11) is 0. The molecule has 0 aliphatic heterocycles. The van der Waals surface area contributed by atoms with E-state index < -0.39 is 0 Å². The molecule has 5 aromatic rings. The van der Waals surface area contributed by atoms with Crippen molar-refractivity contribution < 1.29 is 0 Å². The summed E-state index contributed by atoms with van der Waals surface area (Å²) in [5, 5.41) is 5.19. The predicted molar refractivity (Wildman–Crippen MR) is 145 cm³/mol. The summed E-state index contributed by atoms with van der Waals surface area (Å²) >= 11 is 0. The number of hydrogen-bond acceptors (Lipinski definition) is 0. The van der Waals surface area contributed by atoms with Crippen LogP contribution in [0.4, 0.5) is 0 Å². The highest BCUT2D eigenvalue weighted by Gasteiger charge is 2.15. The number of benzene rings is 5. The van der Waals surface area contributed by atoms with Gasteiger partial charge >= 0.3 is 0 Å². The normalized spacial score (nSPS) is 11.3. The van der Waals surface area contributed by atoms with Gasteiger partial charge in [-0.25, -0.2) is 0 Å². The molecule has 5 rings (SSSR count). The number of rotatable bonds is 5. The minimum absolute atomic E-state index is 0.943. The minimum Gasteiger partial charge on any atom is -0.0801 e. The maximum atomic E-state index is 2.28. The van der Waals surface area contributed by atoms with E-state index in [2.05, 4.69) is 135 Å². The first-order valence-corrected chi connectivity index (χ1v) is 11.6. The molecule has 0 unspecified atom stereocenters. The second-order valence-electron chi connectivity index (χ2n) is 8.78. The van der Waals surface area contributed by atoms with E-state index in [1.54, 1.807) is 0 Å². The lowest BCUT2D eigenvalue weighted by molar-refractivity contribution is 1.27. The molecule has 0 N–H and O–H groups in total. The van der Waals surface area contributed by atoms with E-state index in [0.717, 1.165) is 6.42 Å². The maximum absolute atomic E-state index is 2.28. The van der Waals surface area contributed by atoms with Crippen LogP contribution in [0, 0.1) is 0 Å². The summed E-state index contributed by atoms with van der Waals surface area (Å²) in [6, 6.07) is 37.5. The molecule has 0 fully saturated rings. The Morgan fingerprint density at radius 2 is 1.00 bits per heavy atom. The molecule has 0 saturated heterocycles. The molecule has 0 spiro atoms.